The van der Waals surface area contributed by atoms with Gasteiger partial charge in [0.25, 0.3) is 11.5 Å². The molecule has 0 unspecified atom stereocenters. The summed E-state index contributed by atoms with van der Waals surface area (Å²) in [5.74, 6) is -1.46. The molecule has 0 saturated carbocycles. The van der Waals surface area contributed by atoms with Crippen LogP contribution in [0.15, 0.2) is 18.2 Å². The van der Waals surface area contributed by atoms with Gasteiger partial charge in [0, 0.05) is 11.3 Å². The van der Waals surface area contributed by atoms with Crippen LogP contribution in [0.1, 0.15) is 11.1 Å². The Kier molecular flexibility index (Phi) is 2.03. The lowest BCUT2D eigenvalue weighted by molar-refractivity contribution is -0.252. The van der Waals surface area contributed by atoms with Gasteiger partial charge in [0.05, 0.1) is 0 Å². The molecule has 2 N–H and O–H groups in total. The zero-order valence-corrected chi connectivity index (χ0v) is 8.22. The van der Waals surface area contributed by atoms with Gasteiger partial charge < -0.3 is 10.4 Å². The van der Waals surface area contributed by atoms with Crippen LogP contribution >= 0.6 is 0 Å². The Labute approximate surface area is 88.9 Å². The number of fused-ring (bicyclic) bond motifs is 1. The maximum absolute atomic E-state index is 12.7. The lowest BCUT2D eigenvalue weighted by Crippen LogP contribution is -2.47. The third kappa shape index (κ3) is 1.23. The lowest BCUT2D eigenvalue weighted by atomic mass is 9.94. The SMILES string of the molecule is Cc1ccc2c(c1)NC(=O)[C@@]2(O)C(F)(F)F. The Bertz CT molecular complexity index is 470. The Balaban J connectivity index is 2.65. The van der Waals surface area contributed by atoms with Crippen LogP contribution in [0.25, 0.3) is 0 Å². The number of alkyl halides is 3. The number of anilines is 1. The molecule has 3 nitrogen and oxygen atoms in total. The van der Waals surface area contributed by atoms with E-state index in [4.69, 9.17) is 0 Å². The van der Waals surface area contributed by atoms with Crippen LogP contribution in [0.2, 0.25) is 0 Å². The molecule has 0 saturated heterocycles. The molecule has 6 heteroatoms. The topological polar surface area (TPSA) is 49.3 Å². The average molecular weight is 231 g/mol. The van der Waals surface area contributed by atoms with E-state index in [1.807, 2.05) is 5.32 Å². The van der Waals surface area contributed by atoms with Crippen molar-refractivity contribution >= 4 is 11.6 Å². The van der Waals surface area contributed by atoms with Gasteiger partial charge in [0.1, 0.15) is 0 Å². The summed E-state index contributed by atoms with van der Waals surface area (Å²) in [7, 11) is 0. The van der Waals surface area contributed by atoms with E-state index in [-0.39, 0.29) is 5.69 Å². The fraction of sp³-hybridized carbons (Fsp3) is 0.300. The highest BCUT2D eigenvalue weighted by Crippen LogP contribution is 2.46. The van der Waals surface area contributed by atoms with E-state index in [2.05, 4.69) is 0 Å². The largest absolute Gasteiger partial charge is 0.430 e. The second-order valence-electron chi connectivity index (χ2n) is 3.71. The fourth-order valence-electron chi connectivity index (χ4n) is 1.69. The van der Waals surface area contributed by atoms with E-state index in [1.165, 1.54) is 12.1 Å². The van der Waals surface area contributed by atoms with Crippen LogP contribution in [0.4, 0.5) is 18.9 Å². The van der Waals surface area contributed by atoms with Crippen molar-refractivity contribution in [3.05, 3.63) is 29.3 Å². The quantitative estimate of drug-likeness (QED) is 0.713. The van der Waals surface area contributed by atoms with Crippen LogP contribution in [-0.2, 0) is 10.4 Å². The van der Waals surface area contributed by atoms with E-state index in [1.54, 1.807) is 6.92 Å². The highest BCUT2D eigenvalue weighted by Gasteiger charge is 2.64. The maximum Gasteiger partial charge on any atom is 0.430 e. The van der Waals surface area contributed by atoms with Crippen LogP contribution in [0, 0.1) is 6.92 Å². The number of aliphatic hydroxyl groups is 1. The monoisotopic (exact) mass is 231 g/mol. The summed E-state index contributed by atoms with van der Waals surface area (Å²) in [6.07, 6.45) is -5.03. The van der Waals surface area contributed by atoms with Gasteiger partial charge in [-0.2, -0.15) is 13.2 Å². The summed E-state index contributed by atoms with van der Waals surface area (Å²) >= 11 is 0. The third-order valence-electron chi connectivity index (χ3n) is 2.55. The zero-order valence-electron chi connectivity index (χ0n) is 8.22. The molecule has 1 aromatic carbocycles. The first-order valence-corrected chi connectivity index (χ1v) is 4.48. The van der Waals surface area contributed by atoms with Crippen molar-refractivity contribution in [3.8, 4) is 0 Å². The molecule has 1 atom stereocenters. The van der Waals surface area contributed by atoms with E-state index in [9.17, 15) is 23.1 Å². The number of hydrogen-bond donors (Lipinski definition) is 2. The summed E-state index contributed by atoms with van der Waals surface area (Å²) in [5, 5.41) is 11.5. The summed E-state index contributed by atoms with van der Waals surface area (Å²) in [6.45, 7) is 1.68. The predicted molar refractivity (Wildman–Crippen MR) is 49.8 cm³/mol. The van der Waals surface area contributed by atoms with Crippen LogP contribution < -0.4 is 5.32 Å². The molecule has 0 aromatic heterocycles. The van der Waals surface area contributed by atoms with Crippen LogP contribution in [0.5, 0.6) is 0 Å². The molecule has 1 amide bonds. The van der Waals surface area contributed by atoms with E-state index < -0.39 is 23.2 Å². The number of carbonyl (C=O) groups is 1. The average Bonchev–Trinajstić information content (AvgIpc) is 2.38. The number of rotatable bonds is 0. The number of halogens is 3. The standard InChI is InChI=1S/C10H8F3NO2/c1-5-2-3-6-7(4-5)14-8(15)9(6,16)10(11,12)13/h2-4,16H,1H3,(H,14,15)/t9-/m1/s1. The van der Waals surface area contributed by atoms with Crippen molar-refractivity contribution in [2.24, 2.45) is 0 Å². The number of hydrogen-bond acceptors (Lipinski definition) is 2. The summed E-state index contributed by atoms with van der Waals surface area (Å²) in [4.78, 5) is 11.2. The first-order valence-electron chi connectivity index (χ1n) is 4.48. The van der Waals surface area contributed by atoms with Gasteiger partial charge in [0.2, 0.25) is 0 Å². The number of amides is 1. The minimum Gasteiger partial charge on any atom is -0.368 e. The smallest absolute Gasteiger partial charge is 0.368 e. The summed E-state index contributed by atoms with van der Waals surface area (Å²) < 4.78 is 38.0. The van der Waals surface area contributed by atoms with E-state index in [0.717, 1.165) is 6.07 Å². The molecule has 1 aromatic rings. The minimum absolute atomic E-state index is 0.00447. The Morgan fingerprint density at radius 3 is 2.56 bits per heavy atom. The summed E-state index contributed by atoms with van der Waals surface area (Å²) in [6, 6.07) is 3.91. The Hall–Kier alpha value is -1.56. The molecule has 0 aliphatic carbocycles. The van der Waals surface area contributed by atoms with Crippen molar-refractivity contribution in [2.45, 2.75) is 18.7 Å². The van der Waals surface area contributed by atoms with Crippen molar-refractivity contribution < 1.29 is 23.1 Å². The first kappa shape index (κ1) is 10.9. The Morgan fingerprint density at radius 1 is 1.38 bits per heavy atom. The van der Waals surface area contributed by atoms with Crippen molar-refractivity contribution in [3.63, 3.8) is 0 Å². The maximum atomic E-state index is 12.7. The second-order valence-corrected chi connectivity index (χ2v) is 3.71. The summed E-state index contributed by atoms with van der Waals surface area (Å²) in [5.41, 5.74) is -3.18. The normalized spacial score (nSPS) is 24.2. The number of carbonyl (C=O) groups excluding carboxylic acids is 1. The molecule has 0 spiro atoms. The van der Waals surface area contributed by atoms with Crippen molar-refractivity contribution in [2.75, 3.05) is 5.32 Å². The number of aryl methyl sites for hydroxylation is 1. The van der Waals surface area contributed by atoms with Crippen LogP contribution in [-0.4, -0.2) is 17.2 Å². The van der Waals surface area contributed by atoms with Crippen molar-refractivity contribution in [1.82, 2.24) is 0 Å². The number of nitrogens with one attached hydrogen (secondary N) is 1. The van der Waals surface area contributed by atoms with Gasteiger partial charge >= 0.3 is 6.18 Å². The molecule has 1 heterocycles. The van der Waals surface area contributed by atoms with Gasteiger partial charge in [-0.1, -0.05) is 12.1 Å². The van der Waals surface area contributed by atoms with E-state index >= 15 is 0 Å². The molecular formula is C10H8F3NO2. The lowest BCUT2D eigenvalue weighted by Gasteiger charge is -2.23. The molecule has 2 rings (SSSR count). The van der Waals surface area contributed by atoms with Gasteiger partial charge in [-0.05, 0) is 18.6 Å². The number of benzene rings is 1. The molecule has 0 fully saturated rings. The molecule has 86 valence electrons. The van der Waals surface area contributed by atoms with Crippen LogP contribution in [0.3, 0.4) is 0 Å². The van der Waals surface area contributed by atoms with Gasteiger partial charge in [0.15, 0.2) is 0 Å². The Morgan fingerprint density at radius 2 is 2.00 bits per heavy atom. The minimum atomic E-state index is -5.03. The highest BCUT2D eigenvalue weighted by molar-refractivity contribution is 6.05. The van der Waals surface area contributed by atoms with Gasteiger partial charge in [-0.25, -0.2) is 0 Å². The second kappa shape index (κ2) is 2.98. The molecule has 0 radical (unpaired) electrons. The molecule has 1 aliphatic rings. The molecule has 0 bridgehead atoms. The molecule has 1 aliphatic heterocycles. The highest BCUT2D eigenvalue weighted by atomic mass is 19.4. The van der Waals surface area contributed by atoms with Crippen molar-refractivity contribution in [1.29, 1.82) is 0 Å². The van der Waals surface area contributed by atoms with Gasteiger partial charge in [-0.15, -0.1) is 0 Å². The molecular weight excluding hydrogens is 223 g/mol. The first-order chi connectivity index (χ1) is 7.26. The predicted octanol–water partition coefficient (Wildman–Crippen LogP) is 1.70. The fourth-order valence-corrected chi connectivity index (χ4v) is 1.69. The van der Waals surface area contributed by atoms with Gasteiger partial charge in [-0.3, -0.25) is 4.79 Å². The zero-order chi connectivity index (χ0) is 12.1. The van der Waals surface area contributed by atoms with E-state index in [0.29, 0.717) is 5.56 Å². The third-order valence-corrected chi connectivity index (χ3v) is 2.55. The molecule has 16 heavy (non-hydrogen) atoms.